The van der Waals surface area contributed by atoms with Crippen molar-refractivity contribution in [1.82, 2.24) is 5.32 Å². The molecule has 10 heavy (non-hydrogen) atoms. The Morgan fingerprint density at radius 1 is 1.40 bits per heavy atom. The van der Waals surface area contributed by atoms with Gasteiger partial charge < -0.3 is 10.1 Å². The first-order valence-electron chi connectivity index (χ1n) is 4.03. The van der Waals surface area contributed by atoms with Crippen LogP contribution in [0, 0.1) is 0 Å². The minimum Gasteiger partial charge on any atom is -0.380 e. The summed E-state index contributed by atoms with van der Waals surface area (Å²) in [7, 11) is 1.79. The Morgan fingerprint density at radius 2 is 2.10 bits per heavy atom. The van der Waals surface area contributed by atoms with Crippen LogP contribution in [0.5, 0.6) is 0 Å². The van der Waals surface area contributed by atoms with Crippen molar-refractivity contribution in [3.05, 3.63) is 0 Å². The van der Waals surface area contributed by atoms with Crippen molar-refractivity contribution in [1.29, 1.82) is 0 Å². The molecule has 1 aliphatic carbocycles. The fourth-order valence-corrected chi connectivity index (χ4v) is 1.37. The van der Waals surface area contributed by atoms with E-state index in [2.05, 4.69) is 19.2 Å². The van der Waals surface area contributed by atoms with E-state index < -0.39 is 0 Å². The maximum absolute atomic E-state index is 5.24. The second-order valence-electron chi connectivity index (χ2n) is 3.28. The Kier molecular flexibility index (Phi) is 2.69. The third kappa shape index (κ3) is 1.70. The zero-order valence-electron chi connectivity index (χ0n) is 7.05. The molecule has 0 aliphatic heterocycles. The summed E-state index contributed by atoms with van der Waals surface area (Å²) in [6.07, 6.45) is 2.97. The van der Waals surface area contributed by atoms with E-state index in [9.17, 15) is 0 Å². The molecule has 0 saturated heterocycles. The lowest BCUT2D eigenvalue weighted by Gasteiger charge is -2.37. The van der Waals surface area contributed by atoms with Crippen LogP contribution < -0.4 is 5.32 Å². The molecule has 0 amide bonds. The average Bonchev–Trinajstić information content (AvgIpc) is 1.82. The van der Waals surface area contributed by atoms with E-state index in [0.29, 0.717) is 18.2 Å². The molecule has 0 aromatic rings. The normalized spacial score (nSPS) is 32.4. The topological polar surface area (TPSA) is 21.3 Å². The molecule has 0 spiro atoms. The molecule has 1 rings (SSSR count). The summed E-state index contributed by atoms with van der Waals surface area (Å²) in [6, 6.07) is 1.20. The number of ether oxygens (including phenoxy) is 1. The predicted octanol–water partition coefficient (Wildman–Crippen LogP) is 1.16. The Hall–Kier alpha value is -0.0800. The third-order valence-corrected chi connectivity index (χ3v) is 2.06. The minimum atomic E-state index is 0.474. The van der Waals surface area contributed by atoms with Crippen molar-refractivity contribution in [2.45, 2.75) is 44.9 Å². The molecule has 1 aliphatic rings. The molecule has 0 bridgehead atoms. The van der Waals surface area contributed by atoms with Crippen LogP contribution in [-0.4, -0.2) is 25.3 Å². The lowest BCUT2D eigenvalue weighted by molar-refractivity contribution is 0.00376. The average molecular weight is 143 g/mol. The smallest absolute Gasteiger partial charge is 0.0724 e. The summed E-state index contributed by atoms with van der Waals surface area (Å²) in [6.45, 7) is 4.34. The zero-order valence-corrected chi connectivity index (χ0v) is 7.05. The van der Waals surface area contributed by atoms with Gasteiger partial charge in [0.05, 0.1) is 6.10 Å². The summed E-state index contributed by atoms with van der Waals surface area (Å²) in [5, 5.41) is 3.46. The highest BCUT2D eigenvalue weighted by molar-refractivity contribution is 4.88. The van der Waals surface area contributed by atoms with Crippen LogP contribution in [0.2, 0.25) is 0 Å². The lowest BCUT2D eigenvalue weighted by Crippen LogP contribution is -2.51. The van der Waals surface area contributed by atoms with Gasteiger partial charge in [-0.3, -0.25) is 0 Å². The van der Waals surface area contributed by atoms with Crippen LogP contribution in [0.3, 0.4) is 0 Å². The van der Waals surface area contributed by atoms with Gasteiger partial charge in [0.15, 0.2) is 0 Å². The quantitative estimate of drug-likeness (QED) is 0.640. The van der Waals surface area contributed by atoms with E-state index in [1.807, 2.05) is 0 Å². The van der Waals surface area contributed by atoms with E-state index >= 15 is 0 Å². The Labute approximate surface area is 63.0 Å². The Bertz CT molecular complexity index is 101. The van der Waals surface area contributed by atoms with Gasteiger partial charge >= 0.3 is 0 Å². The van der Waals surface area contributed by atoms with Gasteiger partial charge in [-0.25, -0.2) is 0 Å². The molecule has 2 heteroatoms. The van der Waals surface area contributed by atoms with Gasteiger partial charge in [-0.2, -0.15) is 0 Å². The number of hydrogen-bond acceptors (Lipinski definition) is 2. The SMILES string of the molecule is CO[C@H]1CC[C@H]1NC(C)C. The molecule has 0 unspecified atom stereocenters. The maximum Gasteiger partial charge on any atom is 0.0724 e. The summed E-state index contributed by atoms with van der Waals surface area (Å²) in [5.74, 6) is 0. The summed E-state index contributed by atoms with van der Waals surface area (Å²) in [4.78, 5) is 0. The Morgan fingerprint density at radius 3 is 2.40 bits per heavy atom. The van der Waals surface area contributed by atoms with Crippen LogP contribution in [0.25, 0.3) is 0 Å². The number of rotatable bonds is 3. The van der Waals surface area contributed by atoms with Crippen LogP contribution in [0.4, 0.5) is 0 Å². The van der Waals surface area contributed by atoms with Gasteiger partial charge in [-0.05, 0) is 12.8 Å². The van der Waals surface area contributed by atoms with E-state index in [0.717, 1.165) is 0 Å². The molecular formula is C8H17NO. The van der Waals surface area contributed by atoms with Gasteiger partial charge in [0, 0.05) is 19.2 Å². The number of hydrogen-bond donors (Lipinski definition) is 1. The second kappa shape index (κ2) is 3.35. The van der Waals surface area contributed by atoms with Gasteiger partial charge in [-0.1, -0.05) is 13.8 Å². The van der Waals surface area contributed by atoms with Crippen LogP contribution >= 0.6 is 0 Å². The second-order valence-corrected chi connectivity index (χ2v) is 3.28. The van der Waals surface area contributed by atoms with E-state index in [-0.39, 0.29) is 0 Å². The lowest BCUT2D eigenvalue weighted by atomic mass is 9.88. The fourth-order valence-electron chi connectivity index (χ4n) is 1.37. The highest BCUT2D eigenvalue weighted by Gasteiger charge is 2.30. The van der Waals surface area contributed by atoms with Crippen molar-refractivity contribution in [3.8, 4) is 0 Å². The summed E-state index contributed by atoms with van der Waals surface area (Å²) in [5.41, 5.74) is 0. The van der Waals surface area contributed by atoms with Crippen molar-refractivity contribution >= 4 is 0 Å². The molecular weight excluding hydrogens is 126 g/mol. The van der Waals surface area contributed by atoms with Crippen molar-refractivity contribution in [2.75, 3.05) is 7.11 Å². The van der Waals surface area contributed by atoms with Crippen LogP contribution in [0.1, 0.15) is 26.7 Å². The standard InChI is InChI=1S/C8H17NO/c1-6(2)9-7-4-5-8(7)10-3/h6-9H,4-5H2,1-3H3/t7-,8+/m1/s1. The molecule has 0 heterocycles. The van der Waals surface area contributed by atoms with Gasteiger partial charge in [0.2, 0.25) is 0 Å². The molecule has 2 atom stereocenters. The molecule has 60 valence electrons. The van der Waals surface area contributed by atoms with Gasteiger partial charge in [0.1, 0.15) is 0 Å². The first kappa shape index (κ1) is 8.02. The molecule has 0 radical (unpaired) electrons. The molecule has 1 N–H and O–H groups in total. The first-order valence-corrected chi connectivity index (χ1v) is 4.03. The highest BCUT2D eigenvalue weighted by Crippen LogP contribution is 2.22. The molecule has 1 saturated carbocycles. The van der Waals surface area contributed by atoms with Gasteiger partial charge in [0.25, 0.3) is 0 Å². The summed E-state index contributed by atoms with van der Waals surface area (Å²) < 4.78 is 5.24. The van der Waals surface area contributed by atoms with E-state index in [4.69, 9.17) is 4.74 Å². The molecule has 0 aromatic carbocycles. The Balaban J connectivity index is 2.16. The third-order valence-electron chi connectivity index (χ3n) is 2.06. The number of nitrogens with one attached hydrogen (secondary N) is 1. The van der Waals surface area contributed by atoms with E-state index in [1.54, 1.807) is 7.11 Å². The predicted molar refractivity (Wildman–Crippen MR) is 42.1 cm³/mol. The number of methoxy groups -OCH3 is 1. The molecule has 1 fully saturated rings. The van der Waals surface area contributed by atoms with Crippen molar-refractivity contribution in [2.24, 2.45) is 0 Å². The van der Waals surface area contributed by atoms with Crippen LogP contribution in [-0.2, 0) is 4.74 Å². The van der Waals surface area contributed by atoms with Crippen molar-refractivity contribution < 1.29 is 4.74 Å². The highest BCUT2D eigenvalue weighted by atomic mass is 16.5. The van der Waals surface area contributed by atoms with Crippen molar-refractivity contribution in [3.63, 3.8) is 0 Å². The fraction of sp³-hybridized carbons (Fsp3) is 1.00. The molecule has 0 aromatic heterocycles. The zero-order chi connectivity index (χ0) is 7.56. The first-order chi connectivity index (χ1) is 4.74. The minimum absolute atomic E-state index is 0.474. The molecule has 2 nitrogen and oxygen atoms in total. The largest absolute Gasteiger partial charge is 0.380 e. The van der Waals surface area contributed by atoms with E-state index in [1.165, 1.54) is 12.8 Å². The van der Waals surface area contributed by atoms with Gasteiger partial charge in [-0.15, -0.1) is 0 Å². The van der Waals surface area contributed by atoms with Crippen LogP contribution in [0.15, 0.2) is 0 Å². The monoisotopic (exact) mass is 143 g/mol. The maximum atomic E-state index is 5.24. The summed E-state index contributed by atoms with van der Waals surface area (Å²) >= 11 is 0.